The highest BCUT2D eigenvalue weighted by molar-refractivity contribution is 7.14. The topological polar surface area (TPSA) is 51.2 Å². The van der Waals surface area contributed by atoms with Gasteiger partial charge in [-0.25, -0.2) is 18.2 Å². The van der Waals surface area contributed by atoms with Gasteiger partial charge in [0.2, 0.25) is 0 Å². The fourth-order valence-electron chi connectivity index (χ4n) is 1.95. The van der Waals surface area contributed by atoms with Crippen LogP contribution in [0.1, 0.15) is 0 Å². The molecule has 1 amide bonds. The quantitative estimate of drug-likeness (QED) is 0.737. The summed E-state index contributed by atoms with van der Waals surface area (Å²) in [5, 5.41) is 4.45. The minimum Gasteiger partial charge on any atom is -0.484 e. The molecule has 0 saturated heterocycles. The van der Waals surface area contributed by atoms with Crippen LogP contribution in [-0.2, 0) is 4.79 Å². The Kier molecular flexibility index (Phi) is 4.99. The second kappa shape index (κ2) is 7.35. The number of carbonyl (C=O) groups is 1. The van der Waals surface area contributed by atoms with E-state index in [2.05, 4.69) is 10.3 Å². The van der Waals surface area contributed by atoms with Crippen molar-refractivity contribution in [1.29, 1.82) is 0 Å². The van der Waals surface area contributed by atoms with Gasteiger partial charge < -0.3 is 4.74 Å². The number of halogens is 3. The number of hydrogen-bond donors (Lipinski definition) is 1. The van der Waals surface area contributed by atoms with E-state index in [0.717, 1.165) is 23.5 Å². The molecule has 2 aromatic carbocycles. The third-order valence-electron chi connectivity index (χ3n) is 3.15. The summed E-state index contributed by atoms with van der Waals surface area (Å²) >= 11 is 1.14. The van der Waals surface area contributed by atoms with Gasteiger partial charge in [0.25, 0.3) is 5.91 Å². The molecule has 0 spiro atoms. The molecule has 0 radical (unpaired) electrons. The van der Waals surface area contributed by atoms with Gasteiger partial charge in [-0.05, 0) is 42.5 Å². The normalized spacial score (nSPS) is 10.5. The number of aromatic nitrogens is 1. The molecule has 128 valence electrons. The van der Waals surface area contributed by atoms with Crippen LogP contribution in [0.25, 0.3) is 11.3 Å². The van der Waals surface area contributed by atoms with Crippen molar-refractivity contribution in [3.05, 3.63) is 65.3 Å². The molecule has 25 heavy (non-hydrogen) atoms. The van der Waals surface area contributed by atoms with E-state index in [1.807, 2.05) is 0 Å². The molecular formula is C17H11F3N2O2S. The number of benzene rings is 2. The van der Waals surface area contributed by atoms with E-state index >= 15 is 0 Å². The Morgan fingerprint density at radius 3 is 2.56 bits per heavy atom. The van der Waals surface area contributed by atoms with E-state index in [-0.39, 0.29) is 6.61 Å². The van der Waals surface area contributed by atoms with Crippen molar-refractivity contribution >= 4 is 22.4 Å². The molecule has 0 fully saturated rings. The van der Waals surface area contributed by atoms with E-state index in [1.165, 1.54) is 30.3 Å². The summed E-state index contributed by atoms with van der Waals surface area (Å²) in [4.78, 5) is 16.0. The lowest BCUT2D eigenvalue weighted by Crippen LogP contribution is -2.20. The number of hydrogen-bond acceptors (Lipinski definition) is 4. The second-order valence-electron chi connectivity index (χ2n) is 4.96. The minimum absolute atomic E-state index is 0.272. The predicted molar refractivity (Wildman–Crippen MR) is 88.0 cm³/mol. The molecular weight excluding hydrogens is 353 g/mol. The number of thiazole rings is 1. The number of nitrogens with zero attached hydrogens (tertiary/aromatic N) is 1. The Bertz CT molecular complexity index is 897. The van der Waals surface area contributed by atoms with Crippen LogP contribution in [0.4, 0.5) is 18.3 Å². The van der Waals surface area contributed by atoms with Gasteiger partial charge in [0.05, 0.1) is 5.69 Å². The first-order valence-electron chi connectivity index (χ1n) is 7.10. The average molecular weight is 364 g/mol. The Balaban J connectivity index is 1.59. The van der Waals surface area contributed by atoms with Gasteiger partial charge in [-0.1, -0.05) is 0 Å². The summed E-state index contributed by atoms with van der Waals surface area (Å²) in [6.45, 7) is -0.272. The molecule has 1 N–H and O–H groups in total. The predicted octanol–water partition coefficient (Wildman–Crippen LogP) is 4.24. The zero-order chi connectivity index (χ0) is 17.8. The molecule has 8 heteroatoms. The van der Waals surface area contributed by atoms with Crippen LogP contribution < -0.4 is 10.1 Å². The summed E-state index contributed by atoms with van der Waals surface area (Å²) in [5.74, 6) is -2.40. The molecule has 0 aliphatic heterocycles. The standard InChI is InChI=1S/C17H11F3N2O2S/c18-11-2-4-12(5-3-11)24-8-16(23)22-17-21-15(9-25-17)10-1-6-13(19)14(20)7-10/h1-7,9H,8H2,(H,21,22,23). The lowest BCUT2D eigenvalue weighted by atomic mass is 10.2. The summed E-state index contributed by atoms with van der Waals surface area (Å²) in [6.07, 6.45) is 0. The van der Waals surface area contributed by atoms with Crippen LogP contribution in [0.5, 0.6) is 5.75 Å². The number of ether oxygens (including phenoxy) is 1. The third-order valence-corrected chi connectivity index (χ3v) is 3.91. The van der Waals surface area contributed by atoms with Crippen molar-refractivity contribution in [1.82, 2.24) is 4.98 Å². The lowest BCUT2D eigenvalue weighted by Gasteiger charge is -2.05. The highest BCUT2D eigenvalue weighted by atomic mass is 32.1. The highest BCUT2D eigenvalue weighted by Gasteiger charge is 2.11. The molecule has 0 aliphatic rings. The smallest absolute Gasteiger partial charge is 0.264 e. The lowest BCUT2D eigenvalue weighted by molar-refractivity contribution is -0.118. The molecule has 0 atom stereocenters. The van der Waals surface area contributed by atoms with Crippen LogP contribution >= 0.6 is 11.3 Å². The summed E-state index contributed by atoms with van der Waals surface area (Å²) < 4.78 is 44.2. The molecule has 0 bridgehead atoms. The van der Waals surface area contributed by atoms with Crippen molar-refractivity contribution in [2.24, 2.45) is 0 Å². The molecule has 3 rings (SSSR count). The van der Waals surface area contributed by atoms with Crippen molar-refractivity contribution in [2.75, 3.05) is 11.9 Å². The van der Waals surface area contributed by atoms with Crippen molar-refractivity contribution in [2.45, 2.75) is 0 Å². The van der Waals surface area contributed by atoms with Crippen molar-refractivity contribution in [3.8, 4) is 17.0 Å². The summed E-state index contributed by atoms with van der Waals surface area (Å²) in [5.41, 5.74) is 0.817. The maximum absolute atomic E-state index is 13.3. The van der Waals surface area contributed by atoms with Gasteiger partial charge in [0, 0.05) is 10.9 Å². The Morgan fingerprint density at radius 2 is 1.84 bits per heavy atom. The van der Waals surface area contributed by atoms with E-state index in [0.29, 0.717) is 22.1 Å². The number of nitrogens with one attached hydrogen (secondary N) is 1. The van der Waals surface area contributed by atoms with Gasteiger partial charge in [0.1, 0.15) is 11.6 Å². The molecule has 3 aromatic rings. The van der Waals surface area contributed by atoms with Crippen molar-refractivity contribution < 1.29 is 22.7 Å². The zero-order valence-electron chi connectivity index (χ0n) is 12.6. The largest absolute Gasteiger partial charge is 0.484 e. The maximum atomic E-state index is 13.3. The first-order valence-corrected chi connectivity index (χ1v) is 7.98. The molecule has 0 aliphatic carbocycles. The number of rotatable bonds is 5. The van der Waals surface area contributed by atoms with Gasteiger partial charge in [-0.3, -0.25) is 10.1 Å². The third kappa shape index (κ3) is 4.36. The zero-order valence-corrected chi connectivity index (χ0v) is 13.4. The number of anilines is 1. The number of carbonyl (C=O) groups excluding carboxylic acids is 1. The molecule has 4 nitrogen and oxygen atoms in total. The van der Waals surface area contributed by atoms with E-state index < -0.39 is 23.4 Å². The van der Waals surface area contributed by atoms with Gasteiger partial charge in [-0.2, -0.15) is 0 Å². The van der Waals surface area contributed by atoms with E-state index in [9.17, 15) is 18.0 Å². The fourth-order valence-corrected chi connectivity index (χ4v) is 2.69. The van der Waals surface area contributed by atoms with Crippen molar-refractivity contribution in [3.63, 3.8) is 0 Å². The van der Waals surface area contributed by atoms with Crippen LogP contribution in [0.15, 0.2) is 47.8 Å². The second-order valence-corrected chi connectivity index (χ2v) is 5.82. The van der Waals surface area contributed by atoms with Crippen LogP contribution in [0.2, 0.25) is 0 Å². The van der Waals surface area contributed by atoms with Gasteiger partial charge in [0.15, 0.2) is 23.4 Å². The first-order chi connectivity index (χ1) is 12.0. The fraction of sp³-hybridized carbons (Fsp3) is 0.0588. The Hall–Kier alpha value is -2.87. The molecule has 0 saturated carbocycles. The van der Waals surface area contributed by atoms with Gasteiger partial charge in [-0.15, -0.1) is 11.3 Å². The van der Waals surface area contributed by atoms with E-state index in [1.54, 1.807) is 5.38 Å². The highest BCUT2D eigenvalue weighted by Crippen LogP contribution is 2.26. The molecule has 0 unspecified atom stereocenters. The number of amides is 1. The molecule has 1 heterocycles. The van der Waals surface area contributed by atoms with Gasteiger partial charge >= 0.3 is 0 Å². The maximum Gasteiger partial charge on any atom is 0.264 e. The van der Waals surface area contributed by atoms with Crippen LogP contribution in [0.3, 0.4) is 0 Å². The average Bonchev–Trinajstić information content (AvgIpc) is 3.05. The minimum atomic E-state index is -0.969. The SMILES string of the molecule is O=C(COc1ccc(F)cc1)Nc1nc(-c2ccc(F)c(F)c2)cs1. The first kappa shape index (κ1) is 17.0. The van der Waals surface area contributed by atoms with Crippen LogP contribution in [-0.4, -0.2) is 17.5 Å². The molecule has 1 aromatic heterocycles. The monoisotopic (exact) mass is 364 g/mol. The Morgan fingerprint density at radius 1 is 1.08 bits per heavy atom. The van der Waals surface area contributed by atoms with Crippen LogP contribution in [0, 0.1) is 17.5 Å². The summed E-state index contributed by atoms with van der Waals surface area (Å²) in [7, 11) is 0. The Labute approximate surface area is 144 Å². The van der Waals surface area contributed by atoms with E-state index in [4.69, 9.17) is 4.74 Å². The summed E-state index contributed by atoms with van der Waals surface area (Å²) in [6, 6.07) is 8.72.